The molecule has 3 N–H and O–H groups in total. The van der Waals surface area contributed by atoms with E-state index < -0.39 is 30.3 Å². The van der Waals surface area contributed by atoms with Crippen molar-refractivity contribution in [1.29, 1.82) is 0 Å². The average Bonchev–Trinajstić information content (AvgIpc) is 3.42. The molecule has 210 valence electrons. The molecule has 1 heterocycles. The molecule has 0 bridgehead atoms. The maximum Gasteiger partial charge on any atom is 0.227 e. The van der Waals surface area contributed by atoms with Gasteiger partial charge in [-0.05, 0) is 48.4 Å². The zero-order valence-corrected chi connectivity index (χ0v) is 23.0. The number of nitrogens with one attached hydrogen (secondary N) is 1. The van der Waals surface area contributed by atoms with Gasteiger partial charge in [0.15, 0.2) is 17.3 Å². The molecule has 3 atom stereocenters. The number of carbonyl (C=O) groups excluding carboxylic acids is 4. The average molecular weight is 538 g/mol. The first kappa shape index (κ1) is 30.0. The number of hydrogen-bond donors (Lipinski definition) is 2. The van der Waals surface area contributed by atoms with E-state index in [2.05, 4.69) is 11.9 Å². The summed E-state index contributed by atoms with van der Waals surface area (Å²) in [6.45, 7) is 7.12. The van der Waals surface area contributed by atoms with Crippen LogP contribution in [0.3, 0.4) is 0 Å². The molecule has 1 amide bonds. The van der Waals surface area contributed by atoms with Gasteiger partial charge >= 0.3 is 0 Å². The number of alkyl halides is 1. The second-order valence-corrected chi connectivity index (χ2v) is 10.8. The van der Waals surface area contributed by atoms with Crippen molar-refractivity contribution in [3.63, 3.8) is 0 Å². The van der Waals surface area contributed by atoms with Crippen molar-refractivity contribution in [2.45, 2.75) is 58.4 Å². The fourth-order valence-electron chi connectivity index (χ4n) is 5.33. The van der Waals surface area contributed by atoms with Crippen molar-refractivity contribution >= 4 is 34.0 Å². The van der Waals surface area contributed by atoms with Crippen molar-refractivity contribution in [1.82, 2.24) is 10.2 Å². The zero-order chi connectivity index (χ0) is 28.5. The van der Waals surface area contributed by atoms with Crippen LogP contribution < -0.4 is 11.1 Å². The summed E-state index contributed by atoms with van der Waals surface area (Å²) in [7, 11) is 0. The lowest BCUT2D eigenvalue weighted by Crippen LogP contribution is -2.45. The number of Topliss-reactive ketones (excluding diaryl/α,β-unsaturated/α-hetero) is 3. The summed E-state index contributed by atoms with van der Waals surface area (Å²) in [5, 5.41) is 4.86. The van der Waals surface area contributed by atoms with Crippen molar-refractivity contribution in [3.05, 3.63) is 60.4 Å². The van der Waals surface area contributed by atoms with Gasteiger partial charge in [0.25, 0.3) is 0 Å². The number of nitrogens with two attached hydrogens (primary N) is 1. The first-order valence-corrected chi connectivity index (χ1v) is 13.7. The Morgan fingerprint density at radius 3 is 2.49 bits per heavy atom. The van der Waals surface area contributed by atoms with Crippen LogP contribution in [0, 0.1) is 17.8 Å². The molecule has 0 aromatic heterocycles. The van der Waals surface area contributed by atoms with Gasteiger partial charge in [-0.2, -0.15) is 0 Å². The van der Waals surface area contributed by atoms with E-state index in [-0.39, 0.29) is 36.2 Å². The summed E-state index contributed by atoms with van der Waals surface area (Å²) < 4.78 is 13.2. The zero-order valence-electron chi connectivity index (χ0n) is 23.0. The molecule has 1 fully saturated rings. The van der Waals surface area contributed by atoms with Crippen LogP contribution in [-0.4, -0.2) is 54.0 Å². The molecule has 1 aliphatic heterocycles. The second-order valence-electron chi connectivity index (χ2n) is 10.8. The van der Waals surface area contributed by atoms with Crippen LogP contribution in [0.1, 0.15) is 62.7 Å². The standard InChI is InChI=1S/C31H40FN3O4/c1-20(2)26(18-28(36)25-13-12-22-8-4-5-9-23(22)16-25)31(39)35-15-7-11-27(35)29(37)17-24(30(38)19-32)10-6-14-34-21(3)33/h4-5,8-9,12-13,16,20,24,26-27,34H,3,6-7,10-11,14-15,17-19,33H2,1-2H3/t24-,26+,27+/m1/s1. The van der Waals surface area contributed by atoms with Crippen LogP contribution >= 0.6 is 0 Å². The summed E-state index contributed by atoms with van der Waals surface area (Å²) in [5.41, 5.74) is 6.04. The molecular formula is C31H40FN3O4. The quantitative estimate of drug-likeness (QED) is 0.254. The minimum Gasteiger partial charge on any atom is -0.386 e. The highest BCUT2D eigenvalue weighted by atomic mass is 19.1. The van der Waals surface area contributed by atoms with Crippen molar-refractivity contribution in [3.8, 4) is 0 Å². The monoisotopic (exact) mass is 537 g/mol. The van der Waals surface area contributed by atoms with Crippen LogP contribution in [-0.2, 0) is 14.4 Å². The van der Waals surface area contributed by atoms with E-state index >= 15 is 0 Å². The van der Waals surface area contributed by atoms with E-state index in [9.17, 15) is 23.6 Å². The van der Waals surface area contributed by atoms with Gasteiger partial charge in [-0.25, -0.2) is 4.39 Å². The minimum absolute atomic E-state index is 0.0502. The van der Waals surface area contributed by atoms with Gasteiger partial charge in [0.1, 0.15) is 6.67 Å². The summed E-state index contributed by atoms with van der Waals surface area (Å²) >= 11 is 0. The number of benzene rings is 2. The molecule has 0 aliphatic carbocycles. The van der Waals surface area contributed by atoms with Crippen molar-refractivity contribution < 1.29 is 23.6 Å². The molecule has 0 spiro atoms. The van der Waals surface area contributed by atoms with E-state index in [0.29, 0.717) is 50.2 Å². The topological polar surface area (TPSA) is 110 Å². The third kappa shape index (κ3) is 7.97. The number of amides is 1. The number of ketones is 3. The molecule has 0 saturated carbocycles. The molecule has 39 heavy (non-hydrogen) atoms. The molecule has 1 saturated heterocycles. The van der Waals surface area contributed by atoms with E-state index in [4.69, 9.17) is 5.73 Å². The van der Waals surface area contributed by atoms with E-state index in [1.165, 1.54) is 0 Å². The van der Waals surface area contributed by atoms with Gasteiger partial charge < -0.3 is 16.0 Å². The molecular weight excluding hydrogens is 497 g/mol. The Balaban J connectivity index is 1.68. The lowest BCUT2D eigenvalue weighted by Gasteiger charge is -2.30. The third-order valence-electron chi connectivity index (χ3n) is 7.62. The highest BCUT2D eigenvalue weighted by molar-refractivity contribution is 6.02. The normalized spacial score (nSPS) is 16.7. The van der Waals surface area contributed by atoms with Gasteiger partial charge in [0.05, 0.1) is 11.9 Å². The fraction of sp³-hybridized carbons (Fsp3) is 0.484. The Labute approximate surface area is 230 Å². The lowest BCUT2D eigenvalue weighted by molar-refractivity contribution is -0.142. The molecule has 2 aromatic carbocycles. The van der Waals surface area contributed by atoms with Gasteiger partial charge in [-0.15, -0.1) is 0 Å². The lowest BCUT2D eigenvalue weighted by atomic mass is 9.86. The van der Waals surface area contributed by atoms with Crippen LogP contribution in [0.5, 0.6) is 0 Å². The van der Waals surface area contributed by atoms with Crippen molar-refractivity contribution in [2.75, 3.05) is 19.8 Å². The minimum atomic E-state index is -1.13. The van der Waals surface area contributed by atoms with Crippen LogP contribution in [0.15, 0.2) is 54.9 Å². The van der Waals surface area contributed by atoms with E-state index in [1.807, 2.05) is 50.2 Å². The number of rotatable bonds is 15. The summed E-state index contributed by atoms with van der Waals surface area (Å²) in [6.07, 6.45) is 1.97. The number of halogens is 1. The summed E-state index contributed by atoms with van der Waals surface area (Å²) in [6, 6.07) is 12.7. The highest BCUT2D eigenvalue weighted by Gasteiger charge is 2.39. The number of carbonyl (C=O) groups is 4. The number of hydrogen-bond acceptors (Lipinski definition) is 6. The SMILES string of the molecule is C=C(N)NCCC[C@H](CC(=O)[C@@H]1CCCN1C(=O)[C@@H](CC(=O)c1ccc2ccccc2c1)C(C)C)C(=O)CF. The predicted octanol–water partition coefficient (Wildman–Crippen LogP) is 4.59. The Hall–Kier alpha value is -3.55. The smallest absolute Gasteiger partial charge is 0.227 e. The Morgan fingerprint density at radius 2 is 1.82 bits per heavy atom. The maximum atomic E-state index is 13.7. The molecule has 7 nitrogen and oxygen atoms in total. The summed E-state index contributed by atoms with van der Waals surface area (Å²) in [5.74, 6) is -2.29. The van der Waals surface area contributed by atoms with E-state index in [0.717, 1.165) is 10.8 Å². The van der Waals surface area contributed by atoms with Gasteiger partial charge in [0.2, 0.25) is 5.91 Å². The first-order chi connectivity index (χ1) is 18.6. The fourth-order valence-corrected chi connectivity index (χ4v) is 5.33. The van der Waals surface area contributed by atoms with E-state index in [1.54, 1.807) is 11.0 Å². The van der Waals surface area contributed by atoms with Gasteiger partial charge in [-0.1, -0.05) is 56.8 Å². The maximum absolute atomic E-state index is 13.7. The highest BCUT2D eigenvalue weighted by Crippen LogP contribution is 2.29. The first-order valence-electron chi connectivity index (χ1n) is 13.7. The van der Waals surface area contributed by atoms with Crippen LogP contribution in [0.25, 0.3) is 10.8 Å². The number of nitrogens with zero attached hydrogens (tertiary/aromatic N) is 1. The summed E-state index contributed by atoms with van der Waals surface area (Å²) in [4.78, 5) is 54.0. The Morgan fingerprint density at radius 1 is 1.10 bits per heavy atom. The van der Waals surface area contributed by atoms with Gasteiger partial charge in [0, 0.05) is 43.3 Å². The second kappa shape index (κ2) is 14.0. The Bertz CT molecular complexity index is 1210. The molecule has 1 aliphatic rings. The molecule has 0 radical (unpaired) electrons. The third-order valence-corrected chi connectivity index (χ3v) is 7.62. The molecule has 2 aromatic rings. The molecule has 8 heteroatoms. The van der Waals surface area contributed by atoms with Crippen LogP contribution in [0.4, 0.5) is 4.39 Å². The Kier molecular flexibility index (Phi) is 10.8. The predicted molar refractivity (Wildman–Crippen MR) is 151 cm³/mol. The van der Waals surface area contributed by atoms with Gasteiger partial charge in [-0.3, -0.25) is 19.2 Å². The van der Waals surface area contributed by atoms with Crippen LogP contribution in [0.2, 0.25) is 0 Å². The largest absolute Gasteiger partial charge is 0.386 e. The number of fused-ring (bicyclic) bond motifs is 1. The molecule has 0 unspecified atom stereocenters. The molecule has 3 rings (SSSR count). The van der Waals surface area contributed by atoms with Crippen molar-refractivity contribution in [2.24, 2.45) is 23.5 Å². The number of likely N-dealkylation sites (tertiary alicyclic amines) is 1.